The van der Waals surface area contributed by atoms with E-state index in [2.05, 4.69) is 19.2 Å². The molecule has 1 aliphatic rings. The maximum absolute atomic E-state index is 5.52. The molecule has 0 heterocycles. The number of ether oxygens (including phenoxy) is 1. The van der Waals surface area contributed by atoms with Crippen molar-refractivity contribution in [1.29, 1.82) is 0 Å². The predicted octanol–water partition coefficient (Wildman–Crippen LogP) is 2.05. The molecule has 1 N–H and O–H groups in total. The molecule has 0 aromatic rings. The van der Waals surface area contributed by atoms with E-state index in [1.807, 2.05) is 0 Å². The van der Waals surface area contributed by atoms with Crippen LogP contribution in [0.4, 0.5) is 0 Å². The van der Waals surface area contributed by atoms with E-state index in [0.29, 0.717) is 0 Å². The highest BCUT2D eigenvalue weighted by Gasteiger charge is 2.20. The summed E-state index contributed by atoms with van der Waals surface area (Å²) >= 11 is 0. The first-order chi connectivity index (χ1) is 6.29. The minimum atomic E-state index is 0.757. The van der Waals surface area contributed by atoms with Crippen LogP contribution in [0.15, 0.2) is 0 Å². The van der Waals surface area contributed by atoms with Gasteiger partial charge in [-0.15, -0.1) is 0 Å². The smallest absolute Gasteiger partial charge is 0.0494 e. The molecular formula is C11H23NO. The van der Waals surface area contributed by atoms with Gasteiger partial charge in [-0.05, 0) is 44.2 Å². The van der Waals surface area contributed by atoms with Gasteiger partial charge in [0.15, 0.2) is 0 Å². The Labute approximate surface area is 82.0 Å². The molecule has 0 amide bonds. The van der Waals surface area contributed by atoms with E-state index in [0.717, 1.165) is 44.6 Å². The van der Waals surface area contributed by atoms with Gasteiger partial charge in [-0.25, -0.2) is 0 Å². The van der Waals surface area contributed by atoms with Crippen LogP contribution in [0.5, 0.6) is 0 Å². The molecule has 0 bridgehead atoms. The van der Waals surface area contributed by atoms with Gasteiger partial charge in [-0.1, -0.05) is 13.8 Å². The summed E-state index contributed by atoms with van der Waals surface area (Å²) in [4.78, 5) is 0. The van der Waals surface area contributed by atoms with Crippen molar-refractivity contribution >= 4 is 0 Å². The monoisotopic (exact) mass is 185 g/mol. The van der Waals surface area contributed by atoms with E-state index < -0.39 is 0 Å². The lowest BCUT2D eigenvalue weighted by Gasteiger charge is -2.07. The van der Waals surface area contributed by atoms with E-state index in [4.69, 9.17) is 4.74 Å². The van der Waals surface area contributed by atoms with Gasteiger partial charge in [0.05, 0.1) is 0 Å². The van der Waals surface area contributed by atoms with Crippen LogP contribution in [0, 0.1) is 11.8 Å². The fourth-order valence-electron chi connectivity index (χ4n) is 1.22. The summed E-state index contributed by atoms with van der Waals surface area (Å²) in [5.41, 5.74) is 0. The standard InChI is InChI=1S/C11H23NO/c1-10(2)8-12-6-3-7-13-9-11-4-5-11/h10-12H,3-9H2,1-2H3. The Kier molecular flexibility index (Phi) is 5.40. The van der Waals surface area contributed by atoms with Crippen LogP contribution in [-0.2, 0) is 4.74 Å². The molecule has 1 fully saturated rings. The maximum Gasteiger partial charge on any atom is 0.0494 e. The molecule has 2 heteroatoms. The van der Waals surface area contributed by atoms with E-state index in [9.17, 15) is 0 Å². The lowest BCUT2D eigenvalue weighted by atomic mass is 10.2. The Bertz CT molecular complexity index is 115. The second-order valence-corrected chi connectivity index (χ2v) is 4.47. The van der Waals surface area contributed by atoms with Crippen LogP contribution in [0.25, 0.3) is 0 Å². The molecule has 0 atom stereocenters. The quantitative estimate of drug-likeness (QED) is 0.584. The molecule has 1 aliphatic carbocycles. The Hall–Kier alpha value is -0.0800. The van der Waals surface area contributed by atoms with Crippen LogP contribution in [0.1, 0.15) is 33.1 Å². The highest BCUT2D eigenvalue weighted by atomic mass is 16.5. The topological polar surface area (TPSA) is 21.3 Å². The summed E-state index contributed by atoms with van der Waals surface area (Å²) in [7, 11) is 0. The van der Waals surface area contributed by atoms with E-state index in [-0.39, 0.29) is 0 Å². The zero-order valence-electron chi connectivity index (χ0n) is 9.01. The molecule has 0 spiro atoms. The largest absolute Gasteiger partial charge is 0.381 e. The molecule has 0 radical (unpaired) electrons. The maximum atomic E-state index is 5.52. The Morgan fingerprint density at radius 3 is 2.77 bits per heavy atom. The number of hydrogen-bond donors (Lipinski definition) is 1. The van der Waals surface area contributed by atoms with Gasteiger partial charge in [-0.2, -0.15) is 0 Å². The summed E-state index contributed by atoms with van der Waals surface area (Å²) < 4.78 is 5.52. The van der Waals surface area contributed by atoms with Gasteiger partial charge in [0.25, 0.3) is 0 Å². The van der Waals surface area contributed by atoms with Crippen molar-refractivity contribution in [3.63, 3.8) is 0 Å². The summed E-state index contributed by atoms with van der Waals surface area (Å²) in [6.45, 7) is 8.63. The number of rotatable bonds is 8. The van der Waals surface area contributed by atoms with Gasteiger partial charge in [0.2, 0.25) is 0 Å². The van der Waals surface area contributed by atoms with Gasteiger partial charge in [-0.3, -0.25) is 0 Å². The normalized spacial score (nSPS) is 16.8. The van der Waals surface area contributed by atoms with Crippen LogP contribution < -0.4 is 5.32 Å². The lowest BCUT2D eigenvalue weighted by Crippen LogP contribution is -2.21. The van der Waals surface area contributed by atoms with Crippen molar-refractivity contribution in [2.45, 2.75) is 33.1 Å². The zero-order valence-corrected chi connectivity index (χ0v) is 9.01. The molecule has 13 heavy (non-hydrogen) atoms. The van der Waals surface area contributed by atoms with Gasteiger partial charge in [0, 0.05) is 13.2 Å². The molecule has 0 unspecified atom stereocenters. The average molecular weight is 185 g/mol. The first-order valence-corrected chi connectivity index (χ1v) is 5.57. The van der Waals surface area contributed by atoms with Crippen LogP contribution in [-0.4, -0.2) is 26.3 Å². The molecule has 0 aromatic heterocycles. The summed E-state index contributed by atoms with van der Waals surface area (Å²) in [6, 6.07) is 0. The van der Waals surface area contributed by atoms with Gasteiger partial charge in [0.1, 0.15) is 0 Å². The fourth-order valence-corrected chi connectivity index (χ4v) is 1.22. The second kappa shape index (κ2) is 6.39. The molecule has 0 aromatic carbocycles. The molecule has 0 aliphatic heterocycles. The molecule has 1 saturated carbocycles. The minimum absolute atomic E-state index is 0.757. The molecular weight excluding hydrogens is 162 g/mol. The Morgan fingerprint density at radius 2 is 2.15 bits per heavy atom. The first-order valence-electron chi connectivity index (χ1n) is 5.57. The van der Waals surface area contributed by atoms with Crippen LogP contribution in [0.2, 0.25) is 0 Å². The fraction of sp³-hybridized carbons (Fsp3) is 1.00. The van der Waals surface area contributed by atoms with E-state index in [1.54, 1.807) is 0 Å². The van der Waals surface area contributed by atoms with Crippen molar-refractivity contribution in [2.24, 2.45) is 11.8 Å². The third-order valence-corrected chi connectivity index (χ3v) is 2.25. The second-order valence-electron chi connectivity index (χ2n) is 4.47. The van der Waals surface area contributed by atoms with Crippen molar-refractivity contribution in [3.05, 3.63) is 0 Å². The SMILES string of the molecule is CC(C)CNCCCOCC1CC1. The van der Waals surface area contributed by atoms with E-state index in [1.165, 1.54) is 12.8 Å². The summed E-state index contributed by atoms with van der Waals surface area (Å²) in [5, 5.41) is 3.41. The van der Waals surface area contributed by atoms with Crippen LogP contribution >= 0.6 is 0 Å². The molecule has 0 saturated heterocycles. The number of nitrogens with one attached hydrogen (secondary N) is 1. The third kappa shape index (κ3) is 7.03. The molecule has 2 nitrogen and oxygen atoms in total. The van der Waals surface area contributed by atoms with Crippen molar-refractivity contribution in [1.82, 2.24) is 5.32 Å². The predicted molar refractivity (Wildman–Crippen MR) is 55.9 cm³/mol. The van der Waals surface area contributed by atoms with Crippen molar-refractivity contribution in [3.8, 4) is 0 Å². The van der Waals surface area contributed by atoms with Crippen molar-refractivity contribution in [2.75, 3.05) is 26.3 Å². The Morgan fingerprint density at radius 1 is 1.38 bits per heavy atom. The van der Waals surface area contributed by atoms with E-state index >= 15 is 0 Å². The molecule has 78 valence electrons. The lowest BCUT2D eigenvalue weighted by molar-refractivity contribution is 0.122. The van der Waals surface area contributed by atoms with Gasteiger partial charge >= 0.3 is 0 Å². The number of hydrogen-bond acceptors (Lipinski definition) is 2. The van der Waals surface area contributed by atoms with Crippen LogP contribution in [0.3, 0.4) is 0 Å². The summed E-state index contributed by atoms with van der Waals surface area (Å²) in [6.07, 6.45) is 3.94. The molecule has 1 rings (SSSR count). The highest BCUT2D eigenvalue weighted by molar-refractivity contribution is 4.71. The average Bonchev–Trinajstić information content (AvgIpc) is 2.86. The minimum Gasteiger partial charge on any atom is -0.381 e. The van der Waals surface area contributed by atoms with Gasteiger partial charge < -0.3 is 10.1 Å². The first kappa shape index (κ1) is 11.0. The zero-order chi connectivity index (χ0) is 9.52. The Balaban J connectivity index is 1.68. The highest BCUT2D eigenvalue weighted by Crippen LogP contribution is 2.28. The third-order valence-electron chi connectivity index (χ3n) is 2.25. The summed E-state index contributed by atoms with van der Waals surface area (Å²) in [5.74, 6) is 1.66. The van der Waals surface area contributed by atoms with Crippen molar-refractivity contribution < 1.29 is 4.74 Å².